The Kier molecular flexibility index (Phi) is 6.22. The Bertz CT molecular complexity index is 1130. The molecule has 29 heavy (non-hydrogen) atoms. The average molecular weight is 418 g/mol. The van der Waals surface area contributed by atoms with E-state index in [1.54, 1.807) is 0 Å². The number of halogens is 2. The highest BCUT2D eigenvalue weighted by Gasteiger charge is 2.16. The summed E-state index contributed by atoms with van der Waals surface area (Å²) in [4.78, 5) is 28.4. The Morgan fingerprint density at radius 1 is 1.17 bits per heavy atom. The number of methoxy groups -OCH3 is 1. The standard InChI is InChI=1S/C21H20F2N2O3S/c1-12(2)14-6-4-13(5-7-14)8-18(26)24-21-25(11-19(27)28-3)20-16(23)9-15(22)10-17(20)29-21/h4-7,9-10,12H,8,11H2,1-3H3. The van der Waals surface area contributed by atoms with Crippen molar-refractivity contribution in [2.75, 3.05) is 7.11 Å². The van der Waals surface area contributed by atoms with E-state index in [1.807, 2.05) is 24.3 Å². The SMILES string of the molecule is COC(=O)Cn1c(=NC(=O)Cc2ccc(C(C)C)cc2)sc2cc(F)cc(F)c21. The zero-order valence-corrected chi connectivity index (χ0v) is 17.1. The van der Waals surface area contributed by atoms with Gasteiger partial charge in [0.15, 0.2) is 10.6 Å². The predicted octanol–water partition coefficient (Wildman–Crippen LogP) is 3.95. The van der Waals surface area contributed by atoms with Crippen molar-refractivity contribution in [2.45, 2.75) is 32.7 Å². The fourth-order valence-corrected chi connectivity index (χ4v) is 3.98. The number of ether oxygens (including phenoxy) is 1. The highest BCUT2D eigenvalue weighted by atomic mass is 32.1. The molecule has 152 valence electrons. The molecule has 5 nitrogen and oxygen atoms in total. The molecule has 0 unspecified atom stereocenters. The monoisotopic (exact) mass is 418 g/mol. The fourth-order valence-electron chi connectivity index (χ4n) is 2.90. The zero-order valence-electron chi connectivity index (χ0n) is 16.2. The van der Waals surface area contributed by atoms with Crippen molar-refractivity contribution >= 4 is 33.4 Å². The van der Waals surface area contributed by atoms with Crippen LogP contribution in [0.5, 0.6) is 0 Å². The lowest BCUT2D eigenvalue weighted by molar-refractivity contribution is -0.141. The first-order valence-corrected chi connectivity index (χ1v) is 9.81. The van der Waals surface area contributed by atoms with Gasteiger partial charge in [-0.15, -0.1) is 0 Å². The fraction of sp³-hybridized carbons (Fsp3) is 0.286. The molecule has 0 saturated heterocycles. The van der Waals surface area contributed by atoms with Crippen molar-refractivity contribution in [3.63, 3.8) is 0 Å². The smallest absolute Gasteiger partial charge is 0.325 e. The lowest BCUT2D eigenvalue weighted by atomic mass is 10.0. The van der Waals surface area contributed by atoms with E-state index in [9.17, 15) is 18.4 Å². The second-order valence-corrected chi connectivity index (χ2v) is 7.87. The van der Waals surface area contributed by atoms with E-state index in [0.717, 1.165) is 34.6 Å². The number of rotatable bonds is 5. The Morgan fingerprint density at radius 2 is 1.86 bits per heavy atom. The van der Waals surface area contributed by atoms with E-state index >= 15 is 0 Å². The summed E-state index contributed by atoms with van der Waals surface area (Å²) in [6, 6.07) is 9.52. The van der Waals surface area contributed by atoms with Crippen molar-refractivity contribution in [3.8, 4) is 0 Å². The number of amides is 1. The molecule has 1 aromatic heterocycles. The Balaban J connectivity index is 1.99. The molecule has 1 amide bonds. The maximum Gasteiger partial charge on any atom is 0.325 e. The number of esters is 1. The Hall–Kier alpha value is -2.87. The van der Waals surface area contributed by atoms with Crippen LogP contribution in [0, 0.1) is 11.6 Å². The van der Waals surface area contributed by atoms with Gasteiger partial charge in [0, 0.05) is 6.07 Å². The van der Waals surface area contributed by atoms with Crippen molar-refractivity contribution in [1.82, 2.24) is 4.57 Å². The first-order chi connectivity index (χ1) is 13.8. The zero-order chi connectivity index (χ0) is 21.1. The van der Waals surface area contributed by atoms with Gasteiger partial charge in [-0.3, -0.25) is 9.59 Å². The van der Waals surface area contributed by atoms with E-state index in [4.69, 9.17) is 0 Å². The first-order valence-electron chi connectivity index (χ1n) is 9.00. The summed E-state index contributed by atoms with van der Waals surface area (Å²) >= 11 is 0.938. The molecule has 0 fully saturated rings. The van der Waals surface area contributed by atoms with Gasteiger partial charge in [0.1, 0.15) is 12.4 Å². The third kappa shape index (κ3) is 4.76. The van der Waals surface area contributed by atoms with Gasteiger partial charge in [0.25, 0.3) is 5.91 Å². The number of benzene rings is 2. The summed E-state index contributed by atoms with van der Waals surface area (Å²) in [5, 5.41) is 0. The van der Waals surface area contributed by atoms with Crippen LogP contribution in [0.25, 0.3) is 10.2 Å². The Morgan fingerprint density at radius 3 is 2.48 bits per heavy atom. The lowest BCUT2D eigenvalue weighted by Crippen LogP contribution is -2.23. The second kappa shape index (κ2) is 8.65. The van der Waals surface area contributed by atoms with Gasteiger partial charge in [0.05, 0.1) is 23.7 Å². The molecule has 0 bridgehead atoms. The van der Waals surface area contributed by atoms with Gasteiger partial charge in [-0.25, -0.2) is 8.78 Å². The summed E-state index contributed by atoms with van der Waals surface area (Å²) < 4.78 is 34.0. The normalized spacial score (nSPS) is 12.0. The van der Waals surface area contributed by atoms with Crippen LogP contribution in [0.3, 0.4) is 0 Å². The number of fused-ring (bicyclic) bond motifs is 1. The van der Waals surface area contributed by atoms with Crippen molar-refractivity contribution in [1.29, 1.82) is 0 Å². The van der Waals surface area contributed by atoms with Gasteiger partial charge >= 0.3 is 5.97 Å². The quantitative estimate of drug-likeness (QED) is 0.590. The van der Waals surface area contributed by atoms with Crippen LogP contribution in [-0.2, 0) is 27.3 Å². The first kappa shape index (κ1) is 20.9. The Labute approximate surface area is 170 Å². The van der Waals surface area contributed by atoms with Crippen LogP contribution < -0.4 is 4.80 Å². The third-order valence-corrected chi connectivity index (χ3v) is 5.46. The number of carbonyl (C=O) groups excluding carboxylic acids is 2. The molecule has 0 N–H and O–H groups in total. The molecule has 0 aliphatic heterocycles. The van der Waals surface area contributed by atoms with E-state index in [1.165, 1.54) is 11.7 Å². The van der Waals surface area contributed by atoms with E-state index in [0.29, 0.717) is 5.92 Å². The van der Waals surface area contributed by atoms with Gasteiger partial charge in [-0.05, 0) is 23.1 Å². The number of thiazole rings is 1. The molecule has 3 aromatic rings. The average Bonchev–Trinajstić information content (AvgIpc) is 2.98. The number of carbonyl (C=O) groups is 2. The molecule has 0 spiro atoms. The van der Waals surface area contributed by atoms with Crippen molar-refractivity contribution < 1.29 is 23.1 Å². The summed E-state index contributed by atoms with van der Waals surface area (Å²) in [6.45, 7) is 3.83. The molecule has 1 heterocycles. The molecule has 3 rings (SSSR count). The van der Waals surface area contributed by atoms with E-state index in [-0.39, 0.29) is 28.0 Å². The van der Waals surface area contributed by atoms with Crippen LogP contribution >= 0.6 is 11.3 Å². The van der Waals surface area contributed by atoms with Gasteiger partial charge < -0.3 is 9.30 Å². The maximum atomic E-state index is 14.3. The minimum Gasteiger partial charge on any atom is -0.468 e. The van der Waals surface area contributed by atoms with Gasteiger partial charge in [-0.1, -0.05) is 49.4 Å². The number of hydrogen-bond donors (Lipinski definition) is 0. The highest BCUT2D eigenvalue weighted by molar-refractivity contribution is 7.16. The third-order valence-electron chi connectivity index (χ3n) is 4.43. The molecular weight excluding hydrogens is 398 g/mol. The van der Waals surface area contributed by atoms with Crippen LogP contribution in [0.1, 0.15) is 30.9 Å². The molecule has 8 heteroatoms. The van der Waals surface area contributed by atoms with Crippen molar-refractivity contribution in [2.24, 2.45) is 4.99 Å². The molecular formula is C21H20F2N2O3S. The minimum absolute atomic E-state index is 0.00892. The summed E-state index contributed by atoms with van der Waals surface area (Å²) in [7, 11) is 1.20. The van der Waals surface area contributed by atoms with E-state index in [2.05, 4.69) is 23.6 Å². The molecule has 0 aliphatic carbocycles. The van der Waals surface area contributed by atoms with E-state index < -0.39 is 23.5 Å². The topological polar surface area (TPSA) is 60.7 Å². The van der Waals surface area contributed by atoms with Gasteiger partial charge in [-0.2, -0.15) is 4.99 Å². The molecule has 2 aromatic carbocycles. The lowest BCUT2D eigenvalue weighted by Gasteiger charge is -2.06. The second-order valence-electron chi connectivity index (χ2n) is 6.86. The predicted molar refractivity (Wildman–Crippen MR) is 107 cm³/mol. The van der Waals surface area contributed by atoms with Crippen molar-refractivity contribution in [3.05, 3.63) is 64.0 Å². The van der Waals surface area contributed by atoms with Crippen LogP contribution in [-0.4, -0.2) is 23.6 Å². The highest BCUT2D eigenvalue weighted by Crippen LogP contribution is 2.22. The molecule has 0 aliphatic rings. The summed E-state index contributed by atoms with van der Waals surface area (Å²) in [5.74, 6) is -2.28. The van der Waals surface area contributed by atoms with Crippen LogP contribution in [0.4, 0.5) is 8.78 Å². The maximum absolute atomic E-state index is 14.3. The summed E-state index contributed by atoms with van der Waals surface area (Å²) in [5.41, 5.74) is 1.96. The summed E-state index contributed by atoms with van der Waals surface area (Å²) in [6.07, 6.45) is 0.0572. The largest absolute Gasteiger partial charge is 0.468 e. The number of aromatic nitrogens is 1. The number of hydrogen-bond acceptors (Lipinski definition) is 4. The molecule has 0 saturated carbocycles. The number of nitrogens with zero attached hydrogens (tertiary/aromatic N) is 2. The molecule has 0 radical (unpaired) electrons. The van der Waals surface area contributed by atoms with Crippen LogP contribution in [0.2, 0.25) is 0 Å². The minimum atomic E-state index is -0.835. The van der Waals surface area contributed by atoms with Crippen LogP contribution in [0.15, 0.2) is 41.4 Å². The van der Waals surface area contributed by atoms with Gasteiger partial charge in [0.2, 0.25) is 0 Å². The molecule has 0 atom stereocenters.